The van der Waals surface area contributed by atoms with Gasteiger partial charge in [0.1, 0.15) is 0 Å². The Morgan fingerprint density at radius 2 is 1.35 bits per heavy atom. The Balaban J connectivity index is 4.79. The first-order valence-electron chi connectivity index (χ1n) is 7.50. The quantitative estimate of drug-likeness (QED) is 0.368. The Kier molecular flexibility index (Phi) is 9.77. The fourth-order valence-corrected chi connectivity index (χ4v) is 1.74. The Hall–Kier alpha value is -1.32. The molecule has 0 unspecified atom stereocenters. The molecule has 0 N–H and O–H groups in total. The summed E-state index contributed by atoms with van der Waals surface area (Å²) in [5.74, 6) is -0.893. The van der Waals surface area contributed by atoms with Gasteiger partial charge in [-0.1, -0.05) is 40.5 Å². The lowest BCUT2D eigenvalue weighted by Gasteiger charge is -2.14. The van der Waals surface area contributed by atoms with E-state index in [0.29, 0.717) is 24.4 Å². The number of ether oxygens (including phenoxy) is 2. The third kappa shape index (κ3) is 6.73. The molecule has 0 fully saturated rings. The first-order chi connectivity index (χ1) is 9.45. The van der Waals surface area contributed by atoms with Gasteiger partial charge in [0.15, 0.2) is 0 Å². The molecule has 0 aromatic carbocycles. The Morgan fingerprint density at radius 3 is 1.75 bits per heavy atom. The smallest absolute Gasteiger partial charge is 0.334 e. The van der Waals surface area contributed by atoms with E-state index >= 15 is 0 Å². The van der Waals surface area contributed by atoms with E-state index in [9.17, 15) is 9.59 Å². The maximum Gasteiger partial charge on any atom is 0.334 e. The fourth-order valence-electron chi connectivity index (χ4n) is 1.74. The molecule has 0 amide bonds. The van der Waals surface area contributed by atoms with Crippen LogP contribution >= 0.6 is 0 Å². The number of hydrogen-bond donors (Lipinski definition) is 0. The van der Waals surface area contributed by atoms with Gasteiger partial charge in [-0.05, 0) is 25.7 Å². The molecule has 0 aromatic heterocycles. The molecular formula is C16H28O4. The number of carbonyl (C=O) groups is 2. The van der Waals surface area contributed by atoms with Crippen LogP contribution in [-0.4, -0.2) is 25.2 Å². The highest BCUT2D eigenvalue weighted by Crippen LogP contribution is 2.18. The van der Waals surface area contributed by atoms with Gasteiger partial charge in [-0.25, -0.2) is 9.59 Å². The third-order valence-electron chi connectivity index (χ3n) is 2.97. The lowest BCUT2D eigenvalue weighted by atomic mass is 9.98. The van der Waals surface area contributed by atoms with E-state index in [0.717, 1.165) is 25.7 Å². The van der Waals surface area contributed by atoms with Gasteiger partial charge in [0.2, 0.25) is 0 Å². The summed E-state index contributed by atoms with van der Waals surface area (Å²) in [6, 6.07) is 0. The van der Waals surface area contributed by atoms with E-state index in [4.69, 9.17) is 9.47 Å². The highest BCUT2D eigenvalue weighted by molar-refractivity contribution is 6.00. The molecular weight excluding hydrogens is 256 g/mol. The second-order valence-electron chi connectivity index (χ2n) is 5.17. The first kappa shape index (κ1) is 18.7. The molecule has 4 heteroatoms. The van der Waals surface area contributed by atoms with Crippen molar-refractivity contribution in [3.05, 3.63) is 11.1 Å². The number of rotatable bonds is 9. The minimum Gasteiger partial charge on any atom is -0.462 e. The zero-order chi connectivity index (χ0) is 15.5. The molecule has 0 aliphatic rings. The topological polar surface area (TPSA) is 52.6 Å². The molecule has 4 nitrogen and oxygen atoms in total. The van der Waals surface area contributed by atoms with Gasteiger partial charge in [0.05, 0.1) is 13.2 Å². The van der Waals surface area contributed by atoms with E-state index in [1.54, 1.807) is 6.92 Å². The van der Waals surface area contributed by atoms with Gasteiger partial charge < -0.3 is 9.47 Å². The second kappa shape index (κ2) is 10.5. The predicted molar refractivity (Wildman–Crippen MR) is 79.3 cm³/mol. The molecule has 0 heterocycles. The van der Waals surface area contributed by atoms with Crippen molar-refractivity contribution in [1.82, 2.24) is 0 Å². The van der Waals surface area contributed by atoms with Gasteiger partial charge in [-0.15, -0.1) is 0 Å². The van der Waals surface area contributed by atoms with Crippen molar-refractivity contribution in [3.63, 3.8) is 0 Å². The Labute approximate surface area is 122 Å². The molecule has 0 aliphatic heterocycles. The van der Waals surface area contributed by atoms with E-state index in [2.05, 4.69) is 0 Å². The van der Waals surface area contributed by atoms with Crippen LogP contribution in [0.15, 0.2) is 11.1 Å². The van der Waals surface area contributed by atoms with Crippen LogP contribution in [0.25, 0.3) is 0 Å². The van der Waals surface area contributed by atoms with Gasteiger partial charge in [0.25, 0.3) is 0 Å². The molecule has 0 saturated carbocycles. The van der Waals surface area contributed by atoms with Gasteiger partial charge in [0, 0.05) is 11.1 Å². The van der Waals surface area contributed by atoms with Crippen LogP contribution in [-0.2, 0) is 19.1 Å². The van der Waals surface area contributed by atoms with Crippen LogP contribution in [0.5, 0.6) is 0 Å². The van der Waals surface area contributed by atoms with E-state index in [1.807, 2.05) is 27.7 Å². The van der Waals surface area contributed by atoms with Gasteiger partial charge in [-0.3, -0.25) is 0 Å². The highest BCUT2D eigenvalue weighted by Gasteiger charge is 2.22. The predicted octanol–water partition coefficient (Wildman–Crippen LogP) is 3.65. The van der Waals surface area contributed by atoms with Crippen molar-refractivity contribution in [1.29, 1.82) is 0 Å². The summed E-state index contributed by atoms with van der Waals surface area (Å²) in [7, 11) is 0. The summed E-state index contributed by atoms with van der Waals surface area (Å²) in [5, 5.41) is 0. The third-order valence-corrected chi connectivity index (χ3v) is 2.97. The molecule has 0 aliphatic carbocycles. The van der Waals surface area contributed by atoms with Crippen molar-refractivity contribution in [2.24, 2.45) is 5.92 Å². The van der Waals surface area contributed by atoms with Crippen LogP contribution < -0.4 is 0 Å². The summed E-state index contributed by atoms with van der Waals surface area (Å²) >= 11 is 0. The molecule has 0 aromatic rings. The first-order valence-corrected chi connectivity index (χ1v) is 7.50. The van der Waals surface area contributed by atoms with Crippen molar-refractivity contribution in [2.75, 3.05) is 13.2 Å². The van der Waals surface area contributed by atoms with Gasteiger partial charge in [-0.2, -0.15) is 0 Å². The van der Waals surface area contributed by atoms with Gasteiger partial charge >= 0.3 is 11.9 Å². The summed E-state index contributed by atoms with van der Waals surface area (Å²) in [4.78, 5) is 24.0. The summed E-state index contributed by atoms with van der Waals surface area (Å²) in [6.45, 7) is 10.2. The standard InChI is InChI=1S/C16H28O4/c1-6-8-10-19-15(17)13(5)14(12(3)4)16(18)20-11-9-7-2/h12H,6-11H2,1-5H3/b14-13-. The maximum absolute atomic E-state index is 12.0. The van der Waals surface area contributed by atoms with Crippen molar-refractivity contribution >= 4 is 11.9 Å². The van der Waals surface area contributed by atoms with E-state index in [1.165, 1.54) is 0 Å². The summed E-state index contributed by atoms with van der Waals surface area (Å²) < 4.78 is 10.3. The van der Waals surface area contributed by atoms with Crippen LogP contribution in [0.2, 0.25) is 0 Å². The van der Waals surface area contributed by atoms with Crippen LogP contribution in [0, 0.1) is 5.92 Å². The van der Waals surface area contributed by atoms with Crippen molar-refractivity contribution in [2.45, 2.75) is 60.3 Å². The van der Waals surface area contributed by atoms with Crippen molar-refractivity contribution in [3.8, 4) is 0 Å². The molecule has 0 radical (unpaired) electrons. The molecule has 0 bridgehead atoms. The monoisotopic (exact) mass is 284 g/mol. The van der Waals surface area contributed by atoms with Crippen LogP contribution in [0.4, 0.5) is 0 Å². The number of unbranched alkanes of at least 4 members (excludes halogenated alkanes) is 2. The summed E-state index contributed by atoms with van der Waals surface area (Å²) in [5.41, 5.74) is 0.778. The van der Waals surface area contributed by atoms with Crippen LogP contribution in [0.3, 0.4) is 0 Å². The van der Waals surface area contributed by atoms with E-state index < -0.39 is 11.9 Å². The SMILES string of the molecule is CCCCOC(=O)/C(C)=C(\C(=O)OCCCC)C(C)C. The molecule has 0 saturated heterocycles. The van der Waals surface area contributed by atoms with Crippen LogP contribution in [0.1, 0.15) is 60.3 Å². The minimum absolute atomic E-state index is 0.0668. The Morgan fingerprint density at radius 1 is 0.900 bits per heavy atom. The molecule has 0 spiro atoms. The zero-order valence-corrected chi connectivity index (χ0v) is 13.5. The normalized spacial score (nSPS) is 12.1. The highest BCUT2D eigenvalue weighted by atomic mass is 16.5. The lowest BCUT2D eigenvalue weighted by Crippen LogP contribution is -2.19. The Bertz CT molecular complexity index is 342. The molecule has 0 atom stereocenters. The number of esters is 2. The number of carbonyl (C=O) groups excluding carboxylic acids is 2. The minimum atomic E-state index is -0.422. The molecule has 0 rings (SSSR count). The fraction of sp³-hybridized carbons (Fsp3) is 0.750. The number of hydrogen-bond acceptors (Lipinski definition) is 4. The average molecular weight is 284 g/mol. The molecule has 20 heavy (non-hydrogen) atoms. The van der Waals surface area contributed by atoms with Crippen molar-refractivity contribution < 1.29 is 19.1 Å². The summed E-state index contributed by atoms with van der Waals surface area (Å²) in [6.07, 6.45) is 3.59. The zero-order valence-electron chi connectivity index (χ0n) is 13.5. The maximum atomic E-state index is 12.0. The second-order valence-corrected chi connectivity index (χ2v) is 5.17. The van der Waals surface area contributed by atoms with E-state index in [-0.39, 0.29) is 5.92 Å². The molecule has 116 valence electrons. The lowest BCUT2D eigenvalue weighted by molar-refractivity contribution is -0.142. The largest absolute Gasteiger partial charge is 0.462 e. The average Bonchev–Trinajstić information content (AvgIpc) is 2.38.